The van der Waals surface area contributed by atoms with Crippen molar-refractivity contribution in [2.75, 3.05) is 52.9 Å². The fourth-order valence-electron chi connectivity index (χ4n) is 4.55. The van der Waals surface area contributed by atoms with E-state index < -0.39 is 0 Å². The molecular formula is C25H33N3O2. The fraction of sp³-hybridized carbons (Fsp3) is 0.480. The van der Waals surface area contributed by atoms with Crippen LogP contribution in [0.15, 0.2) is 60.7 Å². The third-order valence-corrected chi connectivity index (χ3v) is 6.47. The first-order chi connectivity index (χ1) is 14.7. The third-order valence-electron chi connectivity index (χ3n) is 6.47. The molecule has 0 spiro atoms. The van der Waals surface area contributed by atoms with Gasteiger partial charge in [-0.1, -0.05) is 48.5 Å². The van der Waals surface area contributed by atoms with Gasteiger partial charge in [0.05, 0.1) is 6.04 Å². The summed E-state index contributed by atoms with van der Waals surface area (Å²) in [5.74, 6) is 1.47. The van der Waals surface area contributed by atoms with Crippen LogP contribution < -0.4 is 4.74 Å². The van der Waals surface area contributed by atoms with Gasteiger partial charge in [0.15, 0.2) is 0 Å². The molecule has 0 aromatic heterocycles. The van der Waals surface area contributed by atoms with E-state index in [0.717, 1.165) is 57.9 Å². The number of ether oxygens (including phenoxy) is 1. The average molecular weight is 408 g/mol. The van der Waals surface area contributed by atoms with Gasteiger partial charge in [-0.15, -0.1) is 0 Å². The van der Waals surface area contributed by atoms with Gasteiger partial charge in [0.2, 0.25) is 5.91 Å². The van der Waals surface area contributed by atoms with Crippen LogP contribution in [0.2, 0.25) is 0 Å². The molecule has 0 bridgehead atoms. The van der Waals surface area contributed by atoms with E-state index in [1.165, 1.54) is 5.56 Å². The maximum Gasteiger partial charge on any atom is 0.225 e. The van der Waals surface area contributed by atoms with E-state index in [2.05, 4.69) is 52.1 Å². The van der Waals surface area contributed by atoms with Crippen LogP contribution >= 0.6 is 0 Å². The van der Waals surface area contributed by atoms with E-state index in [0.29, 0.717) is 12.5 Å². The Kier molecular flexibility index (Phi) is 7.03. The van der Waals surface area contributed by atoms with Crippen molar-refractivity contribution in [3.8, 4) is 5.75 Å². The normalized spacial score (nSPS) is 20.1. The summed E-state index contributed by atoms with van der Waals surface area (Å²) in [5, 5.41) is 0. The summed E-state index contributed by atoms with van der Waals surface area (Å²) in [7, 11) is 2.14. The van der Waals surface area contributed by atoms with Gasteiger partial charge in [-0.2, -0.15) is 0 Å². The molecule has 1 atom stereocenters. The van der Waals surface area contributed by atoms with Crippen LogP contribution in [0.1, 0.15) is 24.4 Å². The van der Waals surface area contributed by atoms with Crippen molar-refractivity contribution in [3.63, 3.8) is 0 Å². The highest BCUT2D eigenvalue weighted by Gasteiger charge is 2.32. The first-order valence-electron chi connectivity index (χ1n) is 11.1. The minimum Gasteiger partial charge on any atom is -0.492 e. The lowest BCUT2D eigenvalue weighted by atomic mass is 9.95. The molecule has 5 heteroatoms. The van der Waals surface area contributed by atoms with E-state index in [1.54, 1.807) is 0 Å². The maximum absolute atomic E-state index is 13.0. The molecule has 0 N–H and O–H groups in total. The molecule has 2 fully saturated rings. The molecule has 1 amide bonds. The first-order valence-corrected chi connectivity index (χ1v) is 11.1. The van der Waals surface area contributed by atoms with Gasteiger partial charge in [0.25, 0.3) is 0 Å². The molecule has 160 valence electrons. The van der Waals surface area contributed by atoms with Crippen molar-refractivity contribution in [2.45, 2.75) is 18.9 Å². The Morgan fingerprint density at radius 2 is 1.50 bits per heavy atom. The highest BCUT2D eigenvalue weighted by atomic mass is 16.5. The summed E-state index contributed by atoms with van der Waals surface area (Å²) >= 11 is 0. The number of carbonyl (C=O) groups is 1. The largest absolute Gasteiger partial charge is 0.492 e. The SMILES string of the molecule is CN1CCC(C(=O)N2CCN(C(COc3ccccc3)c3ccccc3)CC2)CC1. The topological polar surface area (TPSA) is 36.0 Å². The van der Waals surface area contributed by atoms with Gasteiger partial charge < -0.3 is 14.5 Å². The zero-order chi connectivity index (χ0) is 20.8. The molecule has 0 radical (unpaired) electrons. The Morgan fingerprint density at radius 1 is 0.900 bits per heavy atom. The lowest BCUT2D eigenvalue weighted by Crippen LogP contribution is -2.52. The summed E-state index contributed by atoms with van der Waals surface area (Å²) in [6.45, 7) is 6.05. The van der Waals surface area contributed by atoms with Gasteiger partial charge in [-0.05, 0) is 50.7 Å². The number of hydrogen-bond acceptors (Lipinski definition) is 4. The van der Waals surface area contributed by atoms with Crippen molar-refractivity contribution in [1.29, 1.82) is 0 Å². The van der Waals surface area contributed by atoms with Gasteiger partial charge in [-0.25, -0.2) is 0 Å². The number of hydrogen-bond donors (Lipinski definition) is 0. The van der Waals surface area contributed by atoms with Crippen LogP contribution in [0, 0.1) is 5.92 Å². The predicted molar refractivity (Wildman–Crippen MR) is 119 cm³/mol. The fourth-order valence-corrected chi connectivity index (χ4v) is 4.55. The van der Waals surface area contributed by atoms with Gasteiger partial charge in [0.1, 0.15) is 12.4 Å². The summed E-state index contributed by atoms with van der Waals surface area (Å²) in [6.07, 6.45) is 1.99. The second-order valence-electron chi connectivity index (χ2n) is 8.49. The number of rotatable bonds is 6. The Hall–Kier alpha value is -2.37. The maximum atomic E-state index is 13.0. The predicted octanol–water partition coefficient (Wildman–Crippen LogP) is 3.29. The van der Waals surface area contributed by atoms with E-state index in [-0.39, 0.29) is 12.0 Å². The molecule has 0 aliphatic carbocycles. The van der Waals surface area contributed by atoms with Crippen molar-refractivity contribution in [2.24, 2.45) is 5.92 Å². The second-order valence-corrected chi connectivity index (χ2v) is 8.49. The van der Waals surface area contributed by atoms with Crippen LogP contribution in [0.4, 0.5) is 0 Å². The molecule has 2 aliphatic rings. The Balaban J connectivity index is 1.37. The third kappa shape index (κ3) is 5.21. The Bertz CT molecular complexity index is 783. The molecule has 2 aliphatic heterocycles. The molecule has 0 saturated carbocycles. The van der Waals surface area contributed by atoms with E-state index in [9.17, 15) is 4.79 Å². The zero-order valence-electron chi connectivity index (χ0n) is 18.0. The van der Waals surface area contributed by atoms with Crippen molar-refractivity contribution >= 4 is 5.91 Å². The number of para-hydroxylation sites is 1. The van der Waals surface area contributed by atoms with Crippen molar-refractivity contribution < 1.29 is 9.53 Å². The number of nitrogens with zero attached hydrogens (tertiary/aromatic N) is 3. The lowest BCUT2D eigenvalue weighted by molar-refractivity contribution is -0.139. The monoisotopic (exact) mass is 407 g/mol. The Morgan fingerprint density at radius 3 is 2.13 bits per heavy atom. The van der Waals surface area contributed by atoms with E-state index in [4.69, 9.17) is 4.74 Å². The molecule has 2 saturated heterocycles. The quantitative estimate of drug-likeness (QED) is 0.736. The second kappa shape index (κ2) is 10.1. The molecule has 2 aromatic carbocycles. The molecule has 2 heterocycles. The van der Waals surface area contributed by atoms with Crippen LogP contribution in [-0.4, -0.2) is 73.5 Å². The van der Waals surface area contributed by atoms with Gasteiger partial charge >= 0.3 is 0 Å². The summed E-state index contributed by atoms with van der Waals surface area (Å²) in [6, 6.07) is 20.8. The van der Waals surface area contributed by atoms with Crippen LogP contribution in [0.25, 0.3) is 0 Å². The zero-order valence-corrected chi connectivity index (χ0v) is 18.0. The van der Waals surface area contributed by atoms with Crippen LogP contribution in [0.5, 0.6) is 5.75 Å². The summed E-state index contributed by atoms with van der Waals surface area (Å²) in [5.41, 5.74) is 1.27. The first kappa shape index (κ1) is 20.9. The number of carbonyl (C=O) groups excluding carboxylic acids is 1. The molecule has 1 unspecified atom stereocenters. The number of piperidine rings is 1. The van der Waals surface area contributed by atoms with E-state index >= 15 is 0 Å². The minimum atomic E-state index is 0.187. The highest BCUT2D eigenvalue weighted by molar-refractivity contribution is 5.79. The van der Waals surface area contributed by atoms with Crippen molar-refractivity contribution in [3.05, 3.63) is 66.2 Å². The smallest absolute Gasteiger partial charge is 0.225 e. The number of piperazine rings is 1. The number of amides is 1. The molecule has 4 rings (SSSR count). The molecule has 2 aromatic rings. The highest BCUT2D eigenvalue weighted by Crippen LogP contribution is 2.25. The summed E-state index contributed by atoms with van der Waals surface area (Å²) < 4.78 is 6.13. The molecule has 5 nitrogen and oxygen atoms in total. The van der Waals surface area contributed by atoms with Crippen molar-refractivity contribution in [1.82, 2.24) is 14.7 Å². The van der Waals surface area contributed by atoms with Gasteiger partial charge in [0, 0.05) is 32.1 Å². The Labute approximate surface area is 180 Å². The summed E-state index contributed by atoms with van der Waals surface area (Å²) in [4.78, 5) is 19.9. The molecule has 30 heavy (non-hydrogen) atoms. The van der Waals surface area contributed by atoms with Gasteiger partial charge in [-0.3, -0.25) is 9.69 Å². The minimum absolute atomic E-state index is 0.187. The lowest BCUT2D eigenvalue weighted by Gasteiger charge is -2.41. The number of benzene rings is 2. The number of likely N-dealkylation sites (tertiary alicyclic amines) is 1. The van der Waals surface area contributed by atoms with Crippen LogP contribution in [-0.2, 0) is 4.79 Å². The molecular weight excluding hydrogens is 374 g/mol. The standard InChI is InChI=1S/C25H33N3O2/c1-26-14-12-22(13-15-26)25(29)28-18-16-27(17-19-28)24(21-8-4-2-5-9-21)20-30-23-10-6-3-7-11-23/h2-11,22,24H,12-20H2,1H3. The average Bonchev–Trinajstić information content (AvgIpc) is 2.81. The van der Waals surface area contributed by atoms with E-state index in [1.807, 2.05) is 30.3 Å². The van der Waals surface area contributed by atoms with Crippen LogP contribution in [0.3, 0.4) is 0 Å².